The monoisotopic (exact) mass is 235 g/mol. The average molecular weight is 235 g/mol. The molecule has 0 spiro atoms. The van der Waals surface area contributed by atoms with Crippen LogP contribution in [0.1, 0.15) is 5.56 Å². The van der Waals surface area contributed by atoms with E-state index in [1.807, 2.05) is 30.3 Å². The number of hydrogen-bond acceptors (Lipinski definition) is 3. The van der Waals surface area contributed by atoms with Crippen LogP contribution in [0.25, 0.3) is 0 Å². The van der Waals surface area contributed by atoms with Gasteiger partial charge in [0.15, 0.2) is 0 Å². The molecule has 1 rings (SSSR count). The third-order valence-corrected chi connectivity index (χ3v) is 2.34. The van der Waals surface area contributed by atoms with Crippen molar-refractivity contribution in [1.29, 1.82) is 0 Å². The molecule has 0 radical (unpaired) electrons. The highest BCUT2D eigenvalue weighted by molar-refractivity contribution is 5.87. The van der Waals surface area contributed by atoms with Crippen molar-refractivity contribution in [3.63, 3.8) is 0 Å². The summed E-state index contributed by atoms with van der Waals surface area (Å²) in [6, 6.07) is 8.87. The molecule has 92 valence electrons. The van der Waals surface area contributed by atoms with E-state index in [-0.39, 0.29) is 18.4 Å². The first kappa shape index (κ1) is 13.2. The second-order valence-corrected chi connectivity index (χ2v) is 3.69. The van der Waals surface area contributed by atoms with Crippen molar-refractivity contribution in [3.05, 3.63) is 35.9 Å². The lowest BCUT2D eigenvalue weighted by molar-refractivity contribution is -0.126. The van der Waals surface area contributed by atoms with Crippen LogP contribution in [0.3, 0.4) is 0 Å². The molecule has 1 aromatic rings. The van der Waals surface area contributed by atoms with Gasteiger partial charge < -0.3 is 16.4 Å². The van der Waals surface area contributed by atoms with E-state index < -0.39 is 6.04 Å². The maximum Gasteiger partial charge on any atom is 0.239 e. The van der Waals surface area contributed by atoms with Crippen LogP contribution in [0, 0.1) is 0 Å². The van der Waals surface area contributed by atoms with E-state index in [1.54, 1.807) is 0 Å². The van der Waals surface area contributed by atoms with Gasteiger partial charge in [-0.2, -0.15) is 0 Å². The van der Waals surface area contributed by atoms with E-state index in [0.29, 0.717) is 6.42 Å². The van der Waals surface area contributed by atoms with Gasteiger partial charge in [0.25, 0.3) is 0 Å². The molecular formula is C12H17N3O2. The average Bonchev–Trinajstić information content (AvgIpc) is 2.36. The van der Waals surface area contributed by atoms with Gasteiger partial charge in [-0.1, -0.05) is 30.3 Å². The molecule has 0 aliphatic rings. The SMILES string of the molecule is CNC(=O)CNC(=O)C(N)Cc1ccccc1. The zero-order chi connectivity index (χ0) is 12.7. The minimum atomic E-state index is -0.637. The molecule has 5 heteroatoms. The van der Waals surface area contributed by atoms with Crippen molar-refractivity contribution < 1.29 is 9.59 Å². The summed E-state index contributed by atoms with van der Waals surface area (Å²) in [4.78, 5) is 22.5. The van der Waals surface area contributed by atoms with Gasteiger partial charge in [0.2, 0.25) is 11.8 Å². The topological polar surface area (TPSA) is 84.2 Å². The zero-order valence-corrected chi connectivity index (χ0v) is 9.77. The minimum absolute atomic E-state index is 0.0438. The summed E-state index contributed by atoms with van der Waals surface area (Å²) in [5.41, 5.74) is 6.73. The fourth-order valence-corrected chi connectivity index (χ4v) is 1.35. The summed E-state index contributed by atoms with van der Waals surface area (Å²) < 4.78 is 0. The Labute approximate surface area is 100 Å². The quantitative estimate of drug-likeness (QED) is 0.638. The van der Waals surface area contributed by atoms with Crippen molar-refractivity contribution in [1.82, 2.24) is 10.6 Å². The fourth-order valence-electron chi connectivity index (χ4n) is 1.35. The second-order valence-electron chi connectivity index (χ2n) is 3.69. The number of carbonyl (C=O) groups is 2. The smallest absolute Gasteiger partial charge is 0.239 e. The molecule has 17 heavy (non-hydrogen) atoms. The first-order valence-electron chi connectivity index (χ1n) is 5.41. The lowest BCUT2D eigenvalue weighted by atomic mass is 10.1. The first-order chi connectivity index (χ1) is 8.13. The number of hydrogen-bond donors (Lipinski definition) is 3. The van der Waals surface area contributed by atoms with Gasteiger partial charge in [0, 0.05) is 7.05 Å². The van der Waals surface area contributed by atoms with Crippen molar-refractivity contribution >= 4 is 11.8 Å². The summed E-state index contributed by atoms with van der Waals surface area (Å²) >= 11 is 0. The predicted molar refractivity (Wildman–Crippen MR) is 65.2 cm³/mol. The van der Waals surface area contributed by atoms with Crippen molar-refractivity contribution in [3.8, 4) is 0 Å². The Morgan fingerprint density at radius 1 is 1.29 bits per heavy atom. The highest BCUT2D eigenvalue weighted by atomic mass is 16.2. The minimum Gasteiger partial charge on any atom is -0.358 e. The lowest BCUT2D eigenvalue weighted by Gasteiger charge is -2.11. The number of carbonyl (C=O) groups excluding carboxylic acids is 2. The van der Waals surface area contributed by atoms with Crippen LogP contribution in [0.4, 0.5) is 0 Å². The highest BCUT2D eigenvalue weighted by Gasteiger charge is 2.14. The van der Waals surface area contributed by atoms with Gasteiger partial charge in [-0.15, -0.1) is 0 Å². The van der Waals surface area contributed by atoms with Gasteiger partial charge in [0.1, 0.15) is 0 Å². The van der Waals surface area contributed by atoms with Crippen LogP contribution in [-0.4, -0.2) is 31.4 Å². The number of rotatable bonds is 5. The molecule has 0 aromatic heterocycles. The molecule has 0 fully saturated rings. The molecule has 0 saturated heterocycles. The third-order valence-electron chi connectivity index (χ3n) is 2.34. The van der Waals surface area contributed by atoms with Crippen LogP contribution in [-0.2, 0) is 16.0 Å². The molecular weight excluding hydrogens is 218 g/mol. The maximum atomic E-state index is 11.6. The molecule has 1 atom stereocenters. The van der Waals surface area contributed by atoms with E-state index in [0.717, 1.165) is 5.56 Å². The molecule has 0 bridgehead atoms. The van der Waals surface area contributed by atoms with E-state index >= 15 is 0 Å². The molecule has 4 N–H and O–H groups in total. The number of likely N-dealkylation sites (N-methyl/N-ethyl adjacent to an activating group) is 1. The Morgan fingerprint density at radius 2 is 1.94 bits per heavy atom. The summed E-state index contributed by atoms with van der Waals surface area (Å²) in [5.74, 6) is -0.567. The molecule has 5 nitrogen and oxygen atoms in total. The van der Waals surface area contributed by atoms with Crippen LogP contribution < -0.4 is 16.4 Å². The fraction of sp³-hybridized carbons (Fsp3) is 0.333. The Balaban J connectivity index is 2.40. The summed E-state index contributed by atoms with van der Waals surface area (Å²) in [5, 5.41) is 4.89. The van der Waals surface area contributed by atoms with Gasteiger partial charge in [0.05, 0.1) is 12.6 Å². The normalized spacial score (nSPS) is 11.6. The highest BCUT2D eigenvalue weighted by Crippen LogP contribution is 2.01. The molecule has 0 heterocycles. The molecule has 0 aliphatic heterocycles. The van der Waals surface area contributed by atoms with Crippen LogP contribution in [0.5, 0.6) is 0 Å². The predicted octanol–water partition coefficient (Wildman–Crippen LogP) is -0.581. The Kier molecular flexibility index (Phi) is 5.16. The van der Waals surface area contributed by atoms with Crippen LogP contribution in [0.15, 0.2) is 30.3 Å². The second kappa shape index (κ2) is 6.65. The number of nitrogens with one attached hydrogen (secondary N) is 2. The molecule has 1 aromatic carbocycles. The van der Waals surface area contributed by atoms with E-state index in [9.17, 15) is 9.59 Å². The standard InChI is InChI=1S/C12H17N3O2/c1-14-11(16)8-15-12(17)10(13)7-9-5-3-2-4-6-9/h2-6,10H,7-8,13H2,1H3,(H,14,16)(H,15,17). The van der Waals surface area contributed by atoms with Crippen LogP contribution in [0.2, 0.25) is 0 Å². The Morgan fingerprint density at radius 3 is 2.53 bits per heavy atom. The van der Waals surface area contributed by atoms with Crippen molar-refractivity contribution in [2.45, 2.75) is 12.5 Å². The van der Waals surface area contributed by atoms with Gasteiger partial charge in [-0.3, -0.25) is 9.59 Å². The van der Waals surface area contributed by atoms with Gasteiger partial charge >= 0.3 is 0 Å². The summed E-state index contributed by atoms with van der Waals surface area (Å²) in [6.07, 6.45) is 0.459. The summed E-state index contributed by atoms with van der Waals surface area (Å²) in [7, 11) is 1.51. The number of amides is 2. The Bertz CT molecular complexity index is 379. The van der Waals surface area contributed by atoms with E-state index in [4.69, 9.17) is 5.73 Å². The van der Waals surface area contributed by atoms with E-state index in [1.165, 1.54) is 7.05 Å². The maximum absolute atomic E-state index is 11.6. The first-order valence-corrected chi connectivity index (χ1v) is 5.41. The number of nitrogens with two attached hydrogens (primary N) is 1. The summed E-state index contributed by atoms with van der Waals surface area (Å²) in [6.45, 7) is -0.0438. The molecule has 2 amide bonds. The molecule has 0 saturated carbocycles. The van der Waals surface area contributed by atoms with Crippen LogP contribution >= 0.6 is 0 Å². The van der Waals surface area contributed by atoms with Gasteiger partial charge in [-0.05, 0) is 12.0 Å². The van der Waals surface area contributed by atoms with Crippen molar-refractivity contribution in [2.75, 3.05) is 13.6 Å². The molecule has 1 unspecified atom stereocenters. The molecule has 0 aliphatic carbocycles. The zero-order valence-electron chi connectivity index (χ0n) is 9.77. The van der Waals surface area contributed by atoms with Crippen molar-refractivity contribution in [2.24, 2.45) is 5.73 Å². The number of benzene rings is 1. The van der Waals surface area contributed by atoms with E-state index in [2.05, 4.69) is 10.6 Å². The largest absolute Gasteiger partial charge is 0.358 e. The van der Waals surface area contributed by atoms with Gasteiger partial charge in [-0.25, -0.2) is 0 Å². The lowest BCUT2D eigenvalue weighted by Crippen LogP contribution is -2.45. The third kappa shape index (κ3) is 4.65. The Hall–Kier alpha value is -1.88.